The lowest BCUT2D eigenvalue weighted by molar-refractivity contribution is -0.138. The van der Waals surface area contributed by atoms with Gasteiger partial charge in [-0.2, -0.15) is 0 Å². The van der Waals surface area contributed by atoms with E-state index in [1.54, 1.807) is 0 Å². The molecule has 5 heteroatoms. The largest absolute Gasteiger partial charge is 0.480 e. The Kier molecular flexibility index (Phi) is 3.14. The number of carboxylic acids is 1. The highest BCUT2D eigenvalue weighted by atomic mass is 19.1. The number of hydrogen-bond donors (Lipinski definition) is 2. The van der Waals surface area contributed by atoms with Gasteiger partial charge in [-0.25, -0.2) is 8.78 Å². The van der Waals surface area contributed by atoms with Crippen LogP contribution in [0.2, 0.25) is 0 Å². The van der Waals surface area contributed by atoms with Crippen LogP contribution >= 0.6 is 0 Å². The van der Waals surface area contributed by atoms with Gasteiger partial charge in [0.2, 0.25) is 0 Å². The lowest BCUT2D eigenvalue weighted by Crippen LogP contribution is -2.32. The SMILES string of the molecule is N[C@H](Cc1cc(F)cc(F)c1)C(=O)O. The Morgan fingerprint density at radius 1 is 1.36 bits per heavy atom. The van der Waals surface area contributed by atoms with E-state index in [-0.39, 0.29) is 12.0 Å². The molecule has 0 bridgehead atoms. The summed E-state index contributed by atoms with van der Waals surface area (Å²) >= 11 is 0. The van der Waals surface area contributed by atoms with Crippen molar-refractivity contribution in [1.82, 2.24) is 0 Å². The Labute approximate surface area is 79.2 Å². The summed E-state index contributed by atoms with van der Waals surface area (Å²) in [7, 11) is 0. The zero-order valence-corrected chi connectivity index (χ0v) is 7.21. The summed E-state index contributed by atoms with van der Waals surface area (Å²) in [5.74, 6) is -2.68. The third-order valence-corrected chi connectivity index (χ3v) is 1.70. The van der Waals surface area contributed by atoms with Gasteiger partial charge >= 0.3 is 5.97 Å². The fraction of sp³-hybridized carbons (Fsp3) is 0.222. The summed E-state index contributed by atoms with van der Waals surface area (Å²) in [6.45, 7) is 0. The molecule has 0 amide bonds. The van der Waals surface area contributed by atoms with E-state index < -0.39 is 23.6 Å². The highest BCUT2D eigenvalue weighted by Gasteiger charge is 2.13. The summed E-state index contributed by atoms with van der Waals surface area (Å²) < 4.78 is 25.3. The number of hydrogen-bond acceptors (Lipinski definition) is 2. The molecule has 0 radical (unpaired) electrons. The summed E-state index contributed by atoms with van der Waals surface area (Å²) in [6, 6.07) is 1.70. The third-order valence-electron chi connectivity index (χ3n) is 1.70. The second-order valence-corrected chi connectivity index (χ2v) is 2.93. The number of aliphatic carboxylic acids is 1. The number of carboxylic acid groups (broad SMARTS) is 1. The summed E-state index contributed by atoms with van der Waals surface area (Å²) in [4.78, 5) is 10.4. The van der Waals surface area contributed by atoms with Gasteiger partial charge in [-0.3, -0.25) is 4.79 Å². The van der Waals surface area contributed by atoms with Gasteiger partial charge in [0, 0.05) is 6.07 Å². The van der Waals surface area contributed by atoms with Gasteiger partial charge in [-0.05, 0) is 24.1 Å². The van der Waals surface area contributed by atoms with Crippen LogP contribution in [0.4, 0.5) is 8.78 Å². The lowest BCUT2D eigenvalue weighted by Gasteiger charge is -2.06. The minimum Gasteiger partial charge on any atom is -0.480 e. The number of rotatable bonds is 3. The van der Waals surface area contributed by atoms with Gasteiger partial charge in [0.1, 0.15) is 17.7 Å². The predicted molar refractivity (Wildman–Crippen MR) is 45.7 cm³/mol. The Morgan fingerprint density at radius 3 is 2.29 bits per heavy atom. The zero-order chi connectivity index (χ0) is 10.7. The van der Waals surface area contributed by atoms with E-state index in [1.807, 2.05) is 0 Å². The quantitative estimate of drug-likeness (QED) is 0.764. The molecule has 0 aliphatic heterocycles. The maximum atomic E-state index is 12.7. The van der Waals surface area contributed by atoms with Crippen molar-refractivity contribution in [2.75, 3.05) is 0 Å². The Bertz CT molecular complexity index is 334. The van der Waals surface area contributed by atoms with Gasteiger partial charge in [-0.15, -0.1) is 0 Å². The molecule has 0 saturated carbocycles. The first-order valence-electron chi connectivity index (χ1n) is 3.92. The molecule has 0 aromatic heterocycles. The van der Waals surface area contributed by atoms with Crippen LogP contribution < -0.4 is 5.73 Å². The minimum absolute atomic E-state index is 0.0932. The second kappa shape index (κ2) is 4.15. The fourth-order valence-electron chi connectivity index (χ4n) is 1.07. The zero-order valence-electron chi connectivity index (χ0n) is 7.21. The molecule has 1 aromatic rings. The first-order chi connectivity index (χ1) is 6.49. The van der Waals surface area contributed by atoms with E-state index in [1.165, 1.54) is 0 Å². The smallest absolute Gasteiger partial charge is 0.320 e. The first kappa shape index (κ1) is 10.6. The third kappa shape index (κ3) is 2.77. The van der Waals surface area contributed by atoms with Gasteiger partial charge in [0.25, 0.3) is 0 Å². The molecule has 0 heterocycles. The number of nitrogens with two attached hydrogens (primary N) is 1. The molecule has 1 rings (SSSR count). The van der Waals surface area contributed by atoms with Crippen LogP contribution in [-0.4, -0.2) is 17.1 Å². The van der Waals surface area contributed by atoms with Gasteiger partial charge in [0.15, 0.2) is 0 Å². The molecule has 0 unspecified atom stereocenters. The average molecular weight is 201 g/mol. The number of halogens is 2. The minimum atomic E-state index is -1.20. The molecule has 76 valence electrons. The molecule has 0 saturated heterocycles. The topological polar surface area (TPSA) is 63.3 Å². The Balaban J connectivity index is 2.81. The molecule has 3 N–H and O–H groups in total. The van der Waals surface area contributed by atoms with Gasteiger partial charge < -0.3 is 10.8 Å². The highest BCUT2D eigenvalue weighted by molar-refractivity contribution is 5.73. The molecule has 0 spiro atoms. The first-order valence-corrected chi connectivity index (χ1v) is 3.92. The van der Waals surface area contributed by atoms with Crippen molar-refractivity contribution >= 4 is 5.97 Å². The molecule has 14 heavy (non-hydrogen) atoms. The molecule has 1 atom stereocenters. The van der Waals surface area contributed by atoms with Crippen molar-refractivity contribution in [3.05, 3.63) is 35.4 Å². The van der Waals surface area contributed by atoms with Crippen LogP contribution in [0.3, 0.4) is 0 Å². The van der Waals surface area contributed by atoms with E-state index in [0.29, 0.717) is 0 Å². The Hall–Kier alpha value is -1.49. The summed E-state index contributed by atoms with van der Waals surface area (Å²) in [6.07, 6.45) is -0.0932. The van der Waals surface area contributed by atoms with Crippen LogP contribution in [0.1, 0.15) is 5.56 Å². The standard InChI is InChI=1S/C9H9F2NO2/c10-6-1-5(2-7(11)4-6)3-8(12)9(13)14/h1-2,4,8H,3,12H2,(H,13,14)/t8-/m1/s1. The van der Waals surface area contributed by atoms with E-state index >= 15 is 0 Å². The fourth-order valence-corrected chi connectivity index (χ4v) is 1.07. The lowest BCUT2D eigenvalue weighted by atomic mass is 10.1. The average Bonchev–Trinajstić information content (AvgIpc) is 2.01. The summed E-state index contributed by atoms with van der Waals surface area (Å²) in [5, 5.41) is 8.47. The van der Waals surface area contributed by atoms with Crippen LogP contribution in [0.25, 0.3) is 0 Å². The van der Waals surface area contributed by atoms with Crippen molar-refractivity contribution in [3.8, 4) is 0 Å². The van der Waals surface area contributed by atoms with Crippen LogP contribution in [0.5, 0.6) is 0 Å². The monoisotopic (exact) mass is 201 g/mol. The van der Waals surface area contributed by atoms with E-state index in [9.17, 15) is 13.6 Å². The van der Waals surface area contributed by atoms with Crippen molar-refractivity contribution in [2.45, 2.75) is 12.5 Å². The molecule has 3 nitrogen and oxygen atoms in total. The molecular formula is C9H9F2NO2. The normalized spacial score (nSPS) is 12.5. The van der Waals surface area contributed by atoms with Crippen molar-refractivity contribution in [1.29, 1.82) is 0 Å². The molecule has 1 aromatic carbocycles. The molecule has 0 fully saturated rings. The summed E-state index contributed by atoms with van der Waals surface area (Å²) in [5.41, 5.74) is 5.44. The van der Waals surface area contributed by atoms with Crippen LogP contribution in [0, 0.1) is 11.6 Å². The Morgan fingerprint density at radius 2 is 1.86 bits per heavy atom. The van der Waals surface area contributed by atoms with Crippen molar-refractivity contribution in [2.24, 2.45) is 5.73 Å². The van der Waals surface area contributed by atoms with E-state index in [2.05, 4.69) is 0 Å². The molecule has 0 aliphatic carbocycles. The molecular weight excluding hydrogens is 192 g/mol. The predicted octanol–water partition coefficient (Wildman–Crippen LogP) is 0.919. The number of carbonyl (C=O) groups is 1. The van der Waals surface area contributed by atoms with E-state index in [0.717, 1.165) is 18.2 Å². The maximum Gasteiger partial charge on any atom is 0.320 e. The molecule has 0 aliphatic rings. The van der Waals surface area contributed by atoms with Gasteiger partial charge in [0.05, 0.1) is 0 Å². The van der Waals surface area contributed by atoms with E-state index in [4.69, 9.17) is 10.8 Å². The number of benzene rings is 1. The second-order valence-electron chi connectivity index (χ2n) is 2.93. The van der Waals surface area contributed by atoms with Crippen molar-refractivity contribution in [3.63, 3.8) is 0 Å². The maximum absolute atomic E-state index is 12.7. The van der Waals surface area contributed by atoms with Crippen molar-refractivity contribution < 1.29 is 18.7 Å². The van der Waals surface area contributed by atoms with Crippen LogP contribution in [-0.2, 0) is 11.2 Å². The van der Waals surface area contributed by atoms with Gasteiger partial charge in [-0.1, -0.05) is 0 Å². The highest BCUT2D eigenvalue weighted by Crippen LogP contribution is 2.09. The van der Waals surface area contributed by atoms with Crippen LogP contribution in [0.15, 0.2) is 18.2 Å².